The van der Waals surface area contributed by atoms with Crippen molar-refractivity contribution >= 4 is 18.2 Å². The summed E-state index contributed by atoms with van der Waals surface area (Å²) in [5.74, 6) is -0.249. The molecule has 249 valence electrons. The van der Waals surface area contributed by atoms with Crippen molar-refractivity contribution in [2.45, 2.75) is 41.0 Å². The van der Waals surface area contributed by atoms with Crippen molar-refractivity contribution in [2.24, 2.45) is 23.2 Å². The Morgan fingerprint density at radius 1 is 0.907 bits per heavy atom. The molecule has 0 aliphatic carbocycles. The molecule has 2 atom stereocenters. The largest absolute Gasteiger partial charge is 0.528 e. The molecule has 0 bridgehead atoms. The molecule has 0 aromatic rings. The molecule has 1 heterocycles. The summed E-state index contributed by atoms with van der Waals surface area (Å²) in [7, 11) is 0. The summed E-state index contributed by atoms with van der Waals surface area (Å²) in [6, 6.07) is 2.05. The fourth-order valence-corrected chi connectivity index (χ4v) is 4.27. The third kappa shape index (κ3) is 20.4. The number of likely N-dealkylation sites (tertiary alicyclic amines) is 1. The van der Waals surface area contributed by atoms with Gasteiger partial charge in [0.2, 0.25) is 5.91 Å². The van der Waals surface area contributed by atoms with E-state index in [1.54, 1.807) is 17.4 Å². The second-order valence-corrected chi connectivity index (χ2v) is 11.6. The zero-order valence-corrected chi connectivity index (χ0v) is 28.5. The van der Waals surface area contributed by atoms with Gasteiger partial charge in [0.15, 0.2) is 0 Å². The summed E-state index contributed by atoms with van der Waals surface area (Å²) >= 11 is 0. The van der Waals surface area contributed by atoms with E-state index in [9.17, 15) is 19.6 Å². The van der Waals surface area contributed by atoms with Crippen LogP contribution in [0, 0.1) is 73.1 Å². The van der Waals surface area contributed by atoms with E-state index in [0.717, 1.165) is 0 Å². The number of allylic oxidation sites excluding steroid dienone is 1. The topological polar surface area (TPSA) is 148 Å². The molecule has 1 rings (SSSR count). The van der Waals surface area contributed by atoms with Crippen molar-refractivity contribution in [1.82, 2.24) is 15.5 Å². The number of ether oxygens (including phenoxy) is 5. The van der Waals surface area contributed by atoms with Crippen molar-refractivity contribution < 1.29 is 76.7 Å². The minimum Gasteiger partial charge on any atom is -0.528 e. The molecule has 1 saturated heterocycles. The predicted molar refractivity (Wildman–Crippen MR) is 157 cm³/mol. The molecule has 0 spiro atoms. The van der Waals surface area contributed by atoms with Gasteiger partial charge >= 0.3 is 0 Å². The fourth-order valence-electron chi connectivity index (χ4n) is 4.27. The van der Waals surface area contributed by atoms with Crippen LogP contribution in [0.3, 0.4) is 0 Å². The first-order chi connectivity index (χ1) is 20.1. The summed E-state index contributed by atoms with van der Waals surface area (Å²) in [6.45, 7) is 16.0. The first-order valence-electron chi connectivity index (χ1n) is 14.8. The number of rotatable bonds is 22. The van der Waals surface area contributed by atoms with Crippen molar-refractivity contribution in [3.8, 4) is 6.07 Å². The van der Waals surface area contributed by atoms with Gasteiger partial charge in [0.1, 0.15) is 11.6 Å². The Bertz CT molecular complexity index is 860. The van der Waals surface area contributed by atoms with Crippen LogP contribution in [0.25, 0.3) is 0 Å². The van der Waals surface area contributed by atoms with Crippen LogP contribution in [-0.4, -0.2) is 115 Å². The Morgan fingerprint density at radius 3 is 1.84 bits per heavy atom. The Labute approximate surface area is 288 Å². The van der Waals surface area contributed by atoms with Crippen LogP contribution in [0.1, 0.15) is 41.0 Å². The molecule has 3 amide bonds. The monoisotopic (exact) mass is 754 g/mol. The molecule has 12 nitrogen and oxygen atoms in total. The maximum absolute atomic E-state index is 13.1. The molecule has 2 unspecified atom stereocenters. The van der Waals surface area contributed by atoms with E-state index in [1.807, 2.05) is 20.8 Å². The van der Waals surface area contributed by atoms with Gasteiger partial charge in [-0.2, -0.15) is 11.7 Å². The number of piperidine rings is 1. The summed E-state index contributed by atoms with van der Waals surface area (Å²) in [4.78, 5) is 37.7. The molecule has 1 aliphatic rings. The molecule has 0 aromatic heterocycles. The van der Waals surface area contributed by atoms with Crippen LogP contribution in [0.5, 0.6) is 0 Å². The quantitative estimate of drug-likeness (QED) is 0.0552. The maximum atomic E-state index is 13.1. The predicted octanol–water partition coefficient (Wildman–Crippen LogP) is 1.46. The van der Waals surface area contributed by atoms with Gasteiger partial charge in [-0.3, -0.25) is 9.59 Å². The van der Waals surface area contributed by atoms with Gasteiger partial charge in [0, 0.05) is 64.8 Å². The van der Waals surface area contributed by atoms with Crippen LogP contribution in [0.4, 0.5) is 0 Å². The van der Waals surface area contributed by atoms with Crippen LogP contribution >= 0.6 is 0 Å². The first kappa shape index (κ1) is 41.7. The van der Waals surface area contributed by atoms with Crippen molar-refractivity contribution in [1.29, 1.82) is 5.26 Å². The number of nitrogens with one attached hydrogen (secondary N) is 2. The van der Waals surface area contributed by atoms with Crippen LogP contribution in [-0.2, 0) is 38.1 Å². The maximum Gasteiger partial charge on any atom is 0.264 e. The molecule has 43 heavy (non-hydrogen) atoms. The minimum atomic E-state index is -0.331. The number of nitrogens with zero attached hydrogens (tertiary/aromatic N) is 2. The van der Waals surface area contributed by atoms with E-state index in [4.69, 9.17) is 23.7 Å². The van der Waals surface area contributed by atoms with Gasteiger partial charge in [-0.25, -0.2) is 0 Å². The minimum absolute atomic E-state index is 0. The van der Waals surface area contributed by atoms with Crippen molar-refractivity contribution in [3.05, 3.63) is 11.6 Å². The molecule has 2 N–H and O–H groups in total. The Balaban J connectivity index is 0.0000176. The Hall–Kier alpha value is -1.27. The van der Waals surface area contributed by atoms with Crippen LogP contribution < -0.4 is 10.6 Å². The second kappa shape index (κ2) is 25.0. The normalized spacial score (nSPS) is 17.2. The van der Waals surface area contributed by atoms with Crippen LogP contribution in [0.15, 0.2) is 11.6 Å². The molecule has 0 saturated carbocycles. The summed E-state index contributed by atoms with van der Waals surface area (Å²) in [6.07, 6.45) is 3.98. The molecule has 0 aromatic carbocycles. The van der Waals surface area contributed by atoms with Gasteiger partial charge < -0.3 is 44.0 Å². The first-order valence-corrected chi connectivity index (χ1v) is 14.8. The summed E-state index contributed by atoms with van der Waals surface area (Å²) in [5.41, 5.74) is -0.173. The third-order valence-corrected chi connectivity index (χ3v) is 6.49. The standard InChI is InChI=1S/C30H51N4O8.Tb/c1-24(2)25-18-26(22-34(21-25)29(37)27(20-31)19-30(3,4)5)28(36)33-7-9-39-11-13-41-15-17-42-16-14-40-12-10-38-8-6-32-23-35;/h19,24-26H,6-18,21-22H2,1-5H3,(H,32,35)(H,33,36);/q-1;/b27-19+;. The van der Waals surface area contributed by atoms with Crippen molar-refractivity contribution in [2.75, 3.05) is 92.2 Å². The average molecular weight is 755 g/mol. The SMILES string of the molecule is CC(C)C1CC(C(=O)NCCOCCOCCOCCOCCOCCN[C-]=O)CN(C(=O)/C(C#N)=C/C(C)(C)C)C1.[Tb]. The number of hydrogen-bond donors (Lipinski definition) is 2. The average Bonchev–Trinajstić information content (AvgIpc) is 2.95. The van der Waals surface area contributed by atoms with E-state index >= 15 is 0 Å². The number of hydrogen-bond acceptors (Lipinski definition) is 9. The second-order valence-electron chi connectivity index (χ2n) is 11.6. The molecule has 1 radical (unpaired) electrons. The summed E-state index contributed by atoms with van der Waals surface area (Å²) in [5, 5.41) is 14.9. The Kier molecular flexibility index (Phi) is 24.2. The number of carbonyl (C=O) groups is 2. The van der Waals surface area contributed by atoms with E-state index in [0.29, 0.717) is 105 Å². The molecule has 1 aliphatic heterocycles. The van der Waals surface area contributed by atoms with E-state index in [-0.39, 0.29) is 73.2 Å². The summed E-state index contributed by atoms with van der Waals surface area (Å²) < 4.78 is 27.1. The third-order valence-electron chi connectivity index (χ3n) is 6.49. The molecule has 13 heteroatoms. The fraction of sp³-hybridized carbons (Fsp3) is 0.800. The zero-order valence-electron chi connectivity index (χ0n) is 26.4. The molecular formula is C30H51N4O8Tb-. The Morgan fingerprint density at radius 2 is 1.40 bits per heavy atom. The van der Waals surface area contributed by atoms with Gasteiger partial charge in [0.05, 0.1) is 72.0 Å². The number of amides is 3. The zero-order chi connectivity index (χ0) is 31.2. The van der Waals surface area contributed by atoms with Gasteiger partial charge in [0.25, 0.3) is 5.91 Å². The number of nitriles is 1. The van der Waals surface area contributed by atoms with E-state index < -0.39 is 0 Å². The smallest absolute Gasteiger partial charge is 0.264 e. The molecular weight excluding hydrogens is 703 g/mol. The van der Waals surface area contributed by atoms with Gasteiger partial charge in [-0.15, -0.1) is 0 Å². The van der Waals surface area contributed by atoms with Crippen molar-refractivity contribution in [3.63, 3.8) is 0 Å². The van der Waals surface area contributed by atoms with Gasteiger partial charge in [-0.05, 0) is 23.7 Å². The molecule has 1 fully saturated rings. The van der Waals surface area contributed by atoms with Crippen LogP contribution in [0.2, 0.25) is 0 Å². The van der Waals surface area contributed by atoms with E-state index in [1.165, 1.54) is 0 Å². The van der Waals surface area contributed by atoms with E-state index in [2.05, 4.69) is 30.6 Å². The van der Waals surface area contributed by atoms with Gasteiger partial charge in [-0.1, -0.05) is 40.7 Å². The number of carbonyl (C=O) groups excluding carboxylic acids is 3.